The van der Waals surface area contributed by atoms with Gasteiger partial charge >= 0.3 is 0 Å². The van der Waals surface area contributed by atoms with E-state index in [2.05, 4.69) is 11.9 Å². The van der Waals surface area contributed by atoms with Gasteiger partial charge in [-0.1, -0.05) is 25.1 Å². The van der Waals surface area contributed by atoms with E-state index in [-0.39, 0.29) is 5.82 Å². The van der Waals surface area contributed by atoms with Crippen LogP contribution in [0.2, 0.25) is 0 Å². The molecule has 0 unspecified atom stereocenters. The molecule has 0 atom stereocenters. The Labute approximate surface area is 113 Å². The van der Waals surface area contributed by atoms with Gasteiger partial charge in [0, 0.05) is 23.7 Å². The lowest BCUT2D eigenvalue weighted by atomic mass is 10.1. The van der Waals surface area contributed by atoms with E-state index < -0.39 is 0 Å². The highest BCUT2D eigenvalue weighted by molar-refractivity contribution is 7.80. The highest BCUT2D eigenvalue weighted by Gasteiger charge is 2.20. The highest BCUT2D eigenvalue weighted by atomic mass is 32.1. The Hall–Kier alpha value is -1.00. The Morgan fingerprint density at radius 3 is 2.72 bits per heavy atom. The van der Waals surface area contributed by atoms with Crippen LogP contribution in [-0.4, -0.2) is 23.0 Å². The summed E-state index contributed by atoms with van der Waals surface area (Å²) in [6, 6.07) is 5.43. The van der Waals surface area contributed by atoms with Gasteiger partial charge in [0.05, 0.1) is 0 Å². The van der Waals surface area contributed by atoms with E-state index in [0.29, 0.717) is 23.1 Å². The van der Waals surface area contributed by atoms with Crippen LogP contribution in [0.25, 0.3) is 0 Å². The van der Waals surface area contributed by atoms with Crippen LogP contribution in [0.4, 0.5) is 4.39 Å². The summed E-state index contributed by atoms with van der Waals surface area (Å²) >= 11 is 4.93. The van der Waals surface area contributed by atoms with Crippen molar-refractivity contribution in [3.8, 4) is 0 Å². The van der Waals surface area contributed by atoms with Gasteiger partial charge in [-0.05, 0) is 38.1 Å². The van der Waals surface area contributed by atoms with Gasteiger partial charge in [-0.3, -0.25) is 4.90 Å². The summed E-state index contributed by atoms with van der Waals surface area (Å²) in [7, 11) is 2.06. The minimum absolute atomic E-state index is 0.181. The molecule has 2 nitrogen and oxygen atoms in total. The summed E-state index contributed by atoms with van der Waals surface area (Å²) in [5.74, 6) is -0.181. The van der Waals surface area contributed by atoms with Crippen molar-refractivity contribution in [2.45, 2.75) is 38.3 Å². The largest absolute Gasteiger partial charge is 0.389 e. The van der Waals surface area contributed by atoms with Crippen molar-refractivity contribution in [2.75, 3.05) is 7.05 Å². The number of nitrogens with zero attached hydrogens (tertiary/aromatic N) is 1. The molecule has 0 bridgehead atoms. The van der Waals surface area contributed by atoms with Crippen molar-refractivity contribution < 1.29 is 4.39 Å². The second-order valence-electron chi connectivity index (χ2n) is 5.02. The first-order chi connectivity index (χ1) is 8.58. The molecule has 2 N–H and O–H groups in total. The minimum Gasteiger partial charge on any atom is -0.389 e. The van der Waals surface area contributed by atoms with Crippen LogP contribution in [0.5, 0.6) is 0 Å². The van der Waals surface area contributed by atoms with Gasteiger partial charge in [0.25, 0.3) is 0 Å². The Morgan fingerprint density at radius 2 is 2.11 bits per heavy atom. The topological polar surface area (TPSA) is 29.3 Å². The molecule has 0 heterocycles. The van der Waals surface area contributed by atoms with Gasteiger partial charge in [-0.25, -0.2) is 4.39 Å². The quantitative estimate of drug-likeness (QED) is 0.850. The maximum atomic E-state index is 13.8. The van der Waals surface area contributed by atoms with Crippen molar-refractivity contribution in [1.82, 2.24) is 4.90 Å². The number of rotatable bonds is 4. The van der Waals surface area contributed by atoms with Gasteiger partial charge in [-0.15, -0.1) is 0 Å². The van der Waals surface area contributed by atoms with Crippen LogP contribution in [0, 0.1) is 5.82 Å². The zero-order valence-corrected chi connectivity index (χ0v) is 11.5. The lowest BCUT2D eigenvalue weighted by Crippen LogP contribution is -2.29. The number of halogens is 1. The molecule has 18 heavy (non-hydrogen) atoms. The SMILES string of the molecule is CN(Cc1cc(C(N)=S)ccc1F)C1CCCC1. The van der Waals surface area contributed by atoms with Crippen LogP contribution in [-0.2, 0) is 6.54 Å². The molecule has 0 saturated heterocycles. The van der Waals surface area contributed by atoms with Crippen molar-refractivity contribution in [3.63, 3.8) is 0 Å². The van der Waals surface area contributed by atoms with Gasteiger partial charge in [-0.2, -0.15) is 0 Å². The fraction of sp³-hybridized carbons (Fsp3) is 0.500. The molecule has 1 aromatic rings. The molecule has 0 aromatic heterocycles. The van der Waals surface area contributed by atoms with Crippen LogP contribution < -0.4 is 5.73 Å². The average molecular weight is 266 g/mol. The molecule has 0 aliphatic heterocycles. The normalized spacial score (nSPS) is 16.4. The van der Waals surface area contributed by atoms with Crippen molar-refractivity contribution in [3.05, 3.63) is 35.1 Å². The fourth-order valence-corrected chi connectivity index (χ4v) is 2.72. The monoisotopic (exact) mass is 266 g/mol. The second kappa shape index (κ2) is 5.76. The molecule has 0 radical (unpaired) electrons. The van der Waals surface area contributed by atoms with Crippen LogP contribution in [0.1, 0.15) is 36.8 Å². The molecular weight excluding hydrogens is 247 g/mol. The number of hydrogen-bond acceptors (Lipinski definition) is 2. The lowest BCUT2D eigenvalue weighted by Gasteiger charge is -2.24. The molecule has 1 fully saturated rings. The molecule has 1 saturated carbocycles. The third kappa shape index (κ3) is 3.06. The van der Waals surface area contributed by atoms with E-state index >= 15 is 0 Å². The van der Waals surface area contributed by atoms with Gasteiger partial charge < -0.3 is 5.73 Å². The molecular formula is C14H19FN2S. The van der Waals surface area contributed by atoms with Crippen LogP contribution in [0.3, 0.4) is 0 Å². The summed E-state index contributed by atoms with van der Waals surface area (Å²) in [5, 5.41) is 0. The molecule has 98 valence electrons. The van der Waals surface area contributed by atoms with Crippen molar-refractivity contribution in [2.24, 2.45) is 5.73 Å². The number of benzene rings is 1. The first-order valence-corrected chi connectivity index (χ1v) is 6.77. The van der Waals surface area contributed by atoms with Crippen LogP contribution in [0.15, 0.2) is 18.2 Å². The highest BCUT2D eigenvalue weighted by Crippen LogP contribution is 2.24. The number of thiocarbonyl (C=S) groups is 1. The van der Waals surface area contributed by atoms with Gasteiger partial charge in [0.1, 0.15) is 10.8 Å². The maximum Gasteiger partial charge on any atom is 0.127 e. The predicted octanol–water partition coefficient (Wildman–Crippen LogP) is 2.83. The third-order valence-corrected chi connectivity index (χ3v) is 3.93. The molecule has 1 aromatic carbocycles. The molecule has 4 heteroatoms. The van der Waals surface area contributed by atoms with E-state index in [4.69, 9.17) is 18.0 Å². The summed E-state index contributed by atoms with van der Waals surface area (Å²) in [5.41, 5.74) is 6.99. The summed E-state index contributed by atoms with van der Waals surface area (Å²) in [4.78, 5) is 2.55. The van der Waals surface area contributed by atoms with E-state index in [1.807, 2.05) is 0 Å². The summed E-state index contributed by atoms with van der Waals surface area (Å²) < 4.78 is 13.8. The van der Waals surface area contributed by atoms with E-state index in [0.717, 1.165) is 5.56 Å². The number of nitrogens with two attached hydrogens (primary N) is 1. The maximum absolute atomic E-state index is 13.8. The Morgan fingerprint density at radius 1 is 1.44 bits per heavy atom. The zero-order chi connectivity index (χ0) is 13.1. The third-order valence-electron chi connectivity index (χ3n) is 3.70. The zero-order valence-electron chi connectivity index (χ0n) is 10.7. The first kappa shape index (κ1) is 13.4. The van der Waals surface area contributed by atoms with Crippen molar-refractivity contribution in [1.29, 1.82) is 0 Å². The average Bonchev–Trinajstić information content (AvgIpc) is 2.85. The van der Waals surface area contributed by atoms with E-state index in [9.17, 15) is 4.39 Å². The molecule has 2 rings (SSSR count). The summed E-state index contributed by atoms with van der Waals surface area (Å²) in [6.07, 6.45) is 5.00. The standard InChI is InChI=1S/C14H19FN2S/c1-17(12-4-2-3-5-12)9-11-8-10(14(16)18)6-7-13(11)15/h6-8,12H,2-5,9H2,1H3,(H2,16,18). The van der Waals surface area contributed by atoms with Gasteiger partial charge in [0.15, 0.2) is 0 Å². The number of hydrogen-bond donors (Lipinski definition) is 1. The Balaban J connectivity index is 2.12. The molecule has 0 spiro atoms. The Bertz CT molecular complexity index is 441. The minimum atomic E-state index is -0.181. The van der Waals surface area contributed by atoms with Crippen molar-refractivity contribution >= 4 is 17.2 Å². The summed E-state index contributed by atoms with van der Waals surface area (Å²) in [6.45, 7) is 0.618. The van der Waals surface area contributed by atoms with E-state index in [1.54, 1.807) is 12.1 Å². The van der Waals surface area contributed by atoms with Gasteiger partial charge in [0.2, 0.25) is 0 Å². The van der Waals surface area contributed by atoms with E-state index in [1.165, 1.54) is 31.7 Å². The predicted molar refractivity (Wildman–Crippen MR) is 76.0 cm³/mol. The molecule has 1 aliphatic carbocycles. The smallest absolute Gasteiger partial charge is 0.127 e. The first-order valence-electron chi connectivity index (χ1n) is 6.36. The fourth-order valence-electron chi connectivity index (χ4n) is 2.59. The van der Waals surface area contributed by atoms with Crippen LogP contribution >= 0.6 is 12.2 Å². The molecule has 1 aliphatic rings. The molecule has 0 amide bonds. The Kier molecular flexibility index (Phi) is 4.30. The lowest BCUT2D eigenvalue weighted by molar-refractivity contribution is 0.234. The second-order valence-corrected chi connectivity index (χ2v) is 5.46.